The molecule has 0 bridgehead atoms. The van der Waals surface area contributed by atoms with Crippen molar-refractivity contribution in [1.82, 2.24) is 9.21 Å². The highest BCUT2D eigenvalue weighted by atomic mass is 32.2. The largest absolute Gasteiger partial charge is 0.339 e. The SMILES string of the molecule is CCCCN(CCCC)C(=O)c1ccc(S(=O)(=O)N(C)C)cc1. The Balaban J connectivity index is 2.93. The van der Waals surface area contributed by atoms with Crippen molar-refractivity contribution in [3.63, 3.8) is 0 Å². The minimum Gasteiger partial charge on any atom is -0.339 e. The number of sulfonamides is 1. The number of rotatable bonds is 9. The highest BCUT2D eigenvalue weighted by Crippen LogP contribution is 2.15. The van der Waals surface area contributed by atoms with E-state index in [2.05, 4.69) is 13.8 Å². The Labute approximate surface area is 140 Å². The summed E-state index contributed by atoms with van der Waals surface area (Å²) in [6.07, 6.45) is 4.02. The van der Waals surface area contributed by atoms with Crippen molar-refractivity contribution in [1.29, 1.82) is 0 Å². The van der Waals surface area contributed by atoms with Crippen LogP contribution in [0.5, 0.6) is 0 Å². The zero-order valence-corrected chi connectivity index (χ0v) is 15.4. The van der Waals surface area contributed by atoms with Gasteiger partial charge in [-0.2, -0.15) is 0 Å². The van der Waals surface area contributed by atoms with Gasteiger partial charge in [0.05, 0.1) is 4.90 Å². The van der Waals surface area contributed by atoms with Crippen molar-refractivity contribution >= 4 is 15.9 Å². The van der Waals surface area contributed by atoms with Crippen LogP contribution in [0.4, 0.5) is 0 Å². The molecule has 1 aromatic carbocycles. The second-order valence-electron chi connectivity index (χ2n) is 5.81. The molecule has 0 N–H and O–H groups in total. The van der Waals surface area contributed by atoms with Gasteiger partial charge < -0.3 is 4.90 Å². The molecule has 0 heterocycles. The van der Waals surface area contributed by atoms with Crippen LogP contribution in [0.1, 0.15) is 49.9 Å². The Hall–Kier alpha value is -1.40. The summed E-state index contributed by atoms with van der Waals surface area (Å²) < 4.78 is 25.3. The fourth-order valence-corrected chi connectivity index (χ4v) is 3.08. The Morgan fingerprint density at radius 3 is 1.83 bits per heavy atom. The maximum atomic E-state index is 12.6. The molecule has 0 fully saturated rings. The van der Waals surface area contributed by atoms with E-state index >= 15 is 0 Å². The van der Waals surface area contributed by atoms with Gasteiger partial charge in [0, 0.05) is 32.7 Å². The second kappa shape index (κ2) is 9.03. The Morgan fingerprint density at radius 1 is 0.957 bits per heavy atom. The molecule has 0 aliphatic rings. The molecule has 5 nitrogen and oxygen atoms in total. The van der Waals surface area contributed by atoms with Crippen molar-refractivity contribution in [3.05, 3.63) is 29.8 Å². The fraction of sp³-hybridized carbons (Fsp3) is 0.588. The lowest BCUT2D eigenvalue weighted by Crippen LogP contribution is -2.33. The van der Waals surface area contributed by atoms with E-state index < -0.39 is 10.0 Å². The van der Waals surface area contributed by atoms with Gasteiger partial charge >= 0.3 is 0 Å². The van der Waals surface area contributed by atoms with E-state index in [1.807, 2.05) is 4.90 Å². The summed E-state index contributed by atoms with van der Waals surface area (Å²) in [4.78, 5) is 14.7. The normalized spacial score (nSPS) is 11.7. The van der Waals surface area contributed by atoms with E-state index in [0.29, 0.717) is 5.56 Å². The van der Waals surface area contributed by atoms with E-state index in [1.54, 1.807) is 12.1 Å². The highest BCUT2D eigenvalue weighted by Gasteiger charge is 2.19. The van der Waals surface area contributed by atoms with E-state index in [9.17, 15) is 13.2 Å². The summed E-state index contributed by atoms with van der Waals surface area (Å²) in [6, 6.07) is 6.20. The summed E-state index contributed by atoms with van der Waals surface area (Å²) in [6.45, 7) is 5.69. The van der Waals surface area contributed by atoms with Crippen LogP contribution in [0.15, 0.2) is 29.2 Å². The molecule has 0 aromatic heterocycles. The van der Waals surface area contributed by atoms with Crippen molar-refractivity contribution in [2.75, 3.05) is 27.2 Å². The molecule has 1 rings (SSSR count). The molecule has 23 heavy (non-hydrogen) atoms. The molecule has 130 valence electrons. The minimum absolute atomic E-state index is 0.0271. The van der Waals surface area contributed by atoms with Gasteiger partial charge in [0.25, 0.3) is 5.91 Å². The third-order valence-electron chi connectivity index (χ3n) is 3.73. The molecule has 0 saturated carbocycles. The lowest BCUT2D eigenvalue weighted by Gasteiger charge is -2.22. The molecule has 0 aliphatic carbocycles. The number of hydrogen-bond acceptors (Lipinski definition) is 3. The predicted octanol–water partition coefficient (Wildman–Crippen LogP) is 2.98. The summed E-state index contributed by atoms with van der Waals surface area (Å²) in [5, 5.41) is 0. The first kappa shape index (κ1) is 19.6. The number of hydrogen-bond donors (Lipinski definition) is 0. The number of nitrogens with zero attached hydrogens (tertiary/aromatic N) is 2. The maximum Gasteiger partial charge on any atom is 0.253 e. The van der Waals surface area contributed by atoms with E-state index in [-0.39, 0.29) is 10.8 Å². The van der Waals surface area contributed by atoms with Crippen LogP contribution < -0.4 is 0 Å². The van der Waals surface area contributed by atoms with Gasteiger partial charge in [0.1, 0.15) is 0 Å². The smallest absolute Gasteiger partial charge is 0.253 e. The van der Waals surface area contributed by atoms with Crippen LogP contribution in [0, 0.1) is 0 Å². The van der Waals surface area contributed by atoms with Crippen LogP contribution in [0.2, 0.25) is 0 Å². The molecule has 6 heteroatoms. The standard InChI is InChI=1S/C17H28N2O3S/c1-5-7-13-19(14-8-6-2)17(20)15-9-11-16(12-10-15)23(21,22)18(3)4/h9-12H,5-8,13-14H2,1-4H3. The summed E-state index contributed by atoms with van der Waals surface area (Å²) in [7, 11) is -0.476. The second-order valence-corrected chi connectivity index (χ2v) is 7.96. The molecule has 0 aliphatic heterocycles. The van der Waals surface area contributed by atoms with E-state index in [1.165, 1.54) is 30.5 Å². The first-order valence-corrected chi connectivity index (χ1v) is 9.60. The molecule has 0 spiro atoms. The van der Waals surface area contributed by atoms with Crippen LogP contribution >= 0.6 is 0 Å². The quantitative estimate of drug-likeness (QED) is 0.694. The number of amides is 1. The van der Waals surface area contributed by atoms with Crippen LogP contribution in [-0.4, -0.2) is 50.7 Å². The fourth-order valence-electron chi connectivity index (χ4n) is 2.18. The van der Waals surface area contributed by atoms with Crippen molar-refractivity contribution in [3.8, 4) is 0 Å². The van der Waals surface area contributed by atoms with Gasteiger partial charge in [-0.3, -0.25) is 4.79 Å². The molecule has 1 aromatic rings. The summed E-state index contributed by atoms with van der Waals surface area (Å²) in [5.41, 5.74) is 0.537. The maximum absolute atomic E-state index is 12.6. The Bertz CT molecular complexity index is 587. The number of benzene rings is 1. The molecule has 0 atom stereocenters. The highest BCUT2D eigenvalue weighted by molar-refractivity contribution is 7.89. The number of carbonyl (C=O) groups is 1. The van der Waals surface area contributed by atoms with Gasteiger partial charge in [-0.25, -0.2) is 12.7 Å². The van der Waals surface area contributed by atoms with E-state index in [0.717, 1.165) is 38.8 Å². The summed E-state index contributed by atoms with van der Waals surface area (Å²) in [5.74, 6) is -0.0271. The average Bonchev–Trinajstić information content (AvgIpc) is 2.54. The van der Waals surface area contributed by atoms with Crippen LogP contribution in [-0.2, 0) is 10.0 Å². The first-order valence-electron chi connectivity index (χ1n) is 8.16. The molecule has 0 saturated heterocycles. The lowest BCUT2D eigenvalue weighted by molar-refractivity contribution is 0.0751. The predicted molar refractivity (Wildman–Crippen MR) is 93.0 cm³/mol. The van der Waals surface area contributed by atoms with Gasteiger partial charge in [0.2, 0.25) is 10.0 Å². The lowest BCUT2D eigenvalue weighted by atomic mass is 10.1. The summed E-state index contributed by atoms with van der Waals surface area (Å²) >= 11 is 0. The monoisotopic (exact) mass is 340 g/mol. The van der Waals surface area contributed by atoms with Crippen LogP contribution in [0.25, 0.3) is 0 Å². The molecular formula is C17H28N2O3S. The van der Waals surface area contributed by atoms with Crippen molar-refractivity contribution < 1.29 is 13.2 Å². The van der Waals surface area contributed by atoms with Crippen molar-refractivity contribution in [2.24, 2.45) is 0 Å². The molecular weight excluding hydrogens is 312 g/mol. The minimum atomic E-state index is -3.46. The third kappa shape index (κ3) is 5.32. The Kier molecular flexibility index (Phi) is 7.72. The molecule has 1 amide bonds. The van der Waals surface area contributed by atoms with Gasteiger partial charge in [-0.05, 0) is 37.1 Å². The Morgan fingerprint density at radius 2 is 1.43 bits per heavy atom. The van der Waals surface area contributed by atoms with Gasteiger partial charge in [-0.1, -0.05) is 26.7 Å². The van der Waals surface area contributed by atoms with Crippen molar-refractivity contribution in [2.45, 2.75) is 44.4 Å². The number of carbonyl (C=O) groups excluding carboxylic acids is 1. The average molecular weight is 340 g/mol. The zero-order chi connectivity index (χ0) is 17.5. The zero-order valence-electron chi connectivity index (χ0n) is 14.6. The third-order valence-corrected chi connectivity index (χ3v) is 5.56. The first-order chi connectivity index (χ1) is 10.8. The van der Waals surface area contributed by atoms with E-state index in [4.69, 9.17) is 0 Å². The molecule has 0 unspecified atom stereocenters. The van der Waals surface area contributed by atoms with Crippen LogP contribution in [0.3, 0.4) is 0 Å². The van der Waals surface area contributed by atoms with Gasteiger partial charge in [0.15, 0.2) is 0 Å². The van der Waals surface area contributed by atoms with Gasteiger partial charge in [-0.15, -0.1) is 0 Å². The molecule has 0 radical (unpaired) electrons. The topological polar surface area (TPSA) is 57.7 Å². The number of unbranched alkanes of at least 4 members (excludes halogenated alkanes) is 2.